The molecule has 6 heteroatoms. The van der Waals surface area contributed by atoms with Crippen LogP contribution in [0.25, 0.3) is 11.1 Å². The Morgan fingerprint density at radius 3 is 2.79 bits per heavy atom. The largest absolute Gasteiger partial charge is 0.497 e. The van der Waals surface area contributed by atoms with Crippen LogP contribution in [0.15, 0.2) is 60.7 Å². The van der Waals surface area contributed by atoms with E-state index >= 15 is 0 Å². The second-order valence-corrected chi connectivity index (χ2v) is 9.02. The van der Waals surface area contributed by atoms with E-state index in [2.05, 4.69) is 52.7 Å². The lowest BCUT2D eigenvalue weighted by Gasteiger charge is -2.39. The average molecular weight is 445 g/mol. The van der Waals surface area contributed by atoms with Gasteiger partial charge in [0.05, 0.1) is 19.8 Å². The van der Waals surface area contributed by atoms with Gasteiger partial charge in [-0.05, 0) is 71.6 Å². The maximum absolute atomic E-state index is 10.1. The minimum atomic E-state index is 0.0620. The van der Waals surface area contributed by atoms with Gasteiger partial charge < -0.3 is 24.6 Å². The monoisotopic (exact) mass is 444 g/mol. The molecule has 3 aliphatic rings. The Labute approximate surface area is 193 Å². The van der Waals surface area contributed by atoms with Crippen LogP contribution in [0, 0.1) is 5.92 Å². The number of methoxy groups -OCH3 is 1. The molecule has 2 N–H and O–H groups in total. The molecule has 3 heterocycles. The van der Waals surface area contributed by atoms with Gasteiger partial charge in [-0.2, -0.15) is 0 Å². The lowest BCUT2D eigenvalue weighted by atomic mass is 9.82. The smallest absolute Gasteiger partial charge is 0.231 e. The Kier molecular flexibility index (Phi) is 5.12. The first-order chi connectivity index (χ1) is 16.2. The number of rotatable bonds is 5. The number of anilines is 1. The molecule has 0 radical (unpaired) electrons. The Morgan fingerprint density at radius 1 is 1.03 bits per heavy atom. The summed E-state index contributed by atoms with van der Waals surface area (Å²) in [5.41, 5.74) is 5.93. The van der Waals surface area contributed by atoms with Crippen molar-refractivity contribution < 1.29 is 19.3 Å². The van der Waals surface area contributed by atoms with Gasteiger partial charge in [-0.25, -0.2) is 0 Å². The molecule has 3 aliphatic heterocycles. The van der Waals surface area contributed by atoms with E-state index in [1.54, 1.807) is 7.11 Å². The number of nitrogens with zero attached hydrogens (tertiary/aromatic N) is 1. The first-order valence-electron chi connectivity index (χ1n) is 11.5. The van der Waals surface area contributed by atoms with E-state index in [-0.39, 0.29) is 25.5 Å². The van der Waals surface area contributed by atoms with Crippen LogP contribution >= 0.6 is 0 Å². The van der Waals surface area contributed by atoms with Crippen LogP contribution < -0.4 is 19.5 Å². The zero-order valence-corrected chi connectivity index (χ0v) is 18.7. The van der Waals surface area contributed by atoms with Crippen molar-refractivity contribution >= 4 is 5.69 Å². The Morgan fingerprint density at radius 2 is 1.91 bits per heavy atom. The number of aliphatic hydroxyl groups is 1. The van der Waals surface area contributed by atoms with Crippen LogP contribution in [0.5, 0.6) is 17.2 Å². The van der Waals surface area contributed by atoms with Crippen molar-refractivity contribution in [1.29, 1.82) is 0 Å². The summed E-state index contributed by atoms with van der Waals surface area (Å²) in [6, 6.07) is 21.3. The molecule has 0 aliphatic carbocycles. The highest BCUT2D eigenvalue weighted by atomic mass is 16.7. The molecule has 1 fully saturated rings. The number of nitrogens with one attached hydrogen (secondary N) is 1. The molecular formula is C27H28N2O4. The van der Waals surface area contributed by atoms with Crippen LogP contribution in [0.3, 0.4) is 0 Å². The van der Waals surface area contributed by atoms with Crippen molar-refractivity contribution in [3.63, 3.8) is 0 Å². The standard InChI is InChI=1S/C27H28N2O4/c1-31-20-4-2-3-18(12-20)19-6-7-23-22(13-19)27-21(24(15-30)28-23)9-10-29(27)14-17-5-8-25-26(11-17)33-16-32-25/h2-8,11-13,21,24,27-28,30H,9-10,14-16H2,1H3/t21-,24+,27-/m1/s1. The number of ether oxygens (including phenoxy) is 3. The topological polar surface area (TPSA) is 63.2 Å². The van der Waals surface area contributed by atoms with Crippen molar-refractivity contribution in [2.45, 2.75) is 25.0 Å². The average Bonchev–Trinajstić information content (AvgIpc) is 3.50. The van der Waals surface area contributed by atoms with E-state index in [1.807, 2.05) is 18.2 Å². The van der Waals surface area contributed by atoms with Gasteiger partial charge in [-0.3, -0.25) is 4.90 Å². The van der Waals surface area contributed by atoms with Crippen molar-refractivity contribution in [3.05, 3.63) is 71.8 Å². The molecule has 33 heavy (non-hydrogen) atoms. The van der Waals surface area contributed by atoms with Crippen LogP contribution in [-0.2, 0) is 6.54 Å². The van der Waals surface area contributed by atoms with E-state index in [9.17, 15) is 5.11 Å². The Bertz CT molecular complexity index is 1180. The third-order valence-corrected chi connectivity index (χ3v) is 7.20. The quantitative estimate of drug-likeness (QED) is 0.607. The van der Waals surface area contributed by atoms with Crippen molar-refractivity contribution in [2.75, 3.05) is 32.4 Å². The zero-order valence-electron chi connectivity index (χ0n) is 18.7. The van der Waals surface area contributed by atoms with E-state index in [4.69, 9.17) is 14.2 Å². The molecule has 0 unspecified atom stereocenters. The fourth-order valence-electron chi connectivity index (χ4n) is 5.59. The first-order valence-corrected chi connectivity index (χ1v) is 11.5. The molecular weight excluding hydrogens is 416 g/mol. The van der Waals surface area contributed by atoms with E-state index in [0.717, 1.165) is 48.0 Å². The molecule has 0 amide bonds. The van der Waals surface area contributed by atoms with Gasteiger partial charge in [0.2, 0.25) is 6.79 Å². The number of hydrogen-bond acceptors (Lipinski definition) is 6. The molecule has 3 aromatic carbocycles. The van der Waals surface area contributed by atoms with Crippen LogP contribution in [0.4, 0.5) is 5.69 Å². The van der Waals surface area contributed by atoms with Gasteiger partial charge >= 0.3 is 0 Å². The number of benzene rings is 3. The normalized spacial score (nSPS) is 23.0. The highest BCUT2D eigenvalue weighted by Crippen LogP contribution is 2.48. The summed E-state index contributed by atoms with van der Waals surface area (Å²) in [7, 11) is 1.70. The predicted molar refractivity (Wildman–Crippen MR) is 127 cm³/mol. The third kappa shape index (κ3) is 3.59. The predicted octanol–water partition coefficient (Wildman–Crippen LogP) is 4.44. The van der Waals surface area contributed by atoms with Gasteiger partial charge in [0.15, 0.2) is 11.5 Å². The van der Waals surface area contributed by atoms with E-state index in [0.29, 0.717) is 5.92 Å². The minimum absolute atomic E-state index is 0.0620. The van der Waals surface area contributed by atoms with Gasteiger partial charge in [-0.1, -0.05) is 24.3 Å². The minimum Gasteiger partial charge on any atom is -0.497 e. The van der Waals surface area contributed by atoms with Gasteiger partial charge in [0, 0.05) is 24.2 Å². The van der Waals surface area contributed by atoms with Crippen LogP contribution in [0.2, 0.25) is 0 Å². The molecule has 3 atom stereocenters. The lowest BCUT2D eigenvalue weighted by Crippen LogP contribution is -2.41. The first kappa shape index (κ1) is 20.4. The molecule has 0 aromatic heterocycles. The number of aliphatic hydroxyl groups excluding tert-OH is 1. The van der Waals surface area contributed by atoms with Crippen LogP contribution in [-0.4, -0.2) is 43.1 Å². The maximum atomic E-state index is 10.1. The number of fused-ring (bicyclic) bond motifs is 4. The lowest BCUT2D eigenvalue weighted by molar-refractivity contribution is 0.171. The molecule has 0 spiro atoms. The summed E-state index contributed by atoms with van der Waals surface area (Å²) in [4.78, 5) is 2.54. The summed E-state index contributed by atoms with van der Waals surface area (Å²) in [6.45, 7) is 2.25. The van der Waals surface area contributed by atoms with Crippen LogP contribution in [0.1, 0.15) is 23.6 Å². The maximum Gasteiger partial charge on any atom is 0.231 e. The molecule has 3 aromatic rings. The Hall–Kier alpha value is -3.22. The second-order valence-electron chi connectivity index (χ2n) is 9.02. The number of hydrogen-bond donors (Lipinski definition) is 2. The molecule has 6 nitrogen and oxygen atoms in total. The highest BCUT2D eigenvalue weighted by Gasteiger charge is 2.43. The van der Waals surface area contributed by atoms with Gasteiger partial charge in [0.1, 0.15) is 5.75 Å². The van der Waals surface area contributed by atoms with Crippen molar-refractivity contribution in [2.24, 2.45) is 5.92 Å². The molecule has 170 valence electrons. The molecule has 0 bridgehead atoms. The van der Waals surface area contributed by atoms with E-state index < -0.39 is 0 Å². The number of likely N-dealkylation sites (tertiary alicyclic amines) is 1. The summed E-state index contributed by atoms with van der Waals surface area (Å²) < 4.78 is 16.5. The summed E-state index contributed by atoms with van der Waals surface area (Å²) in [6.07, 6.45) is 1.05. The highest BCUT2D eigenvalue weighted by molar-refractivity contribution is 5.71. The second kappa shape index (κ2) is 8.28. The summed E-state index contributed by atoms with van der Waals surface area (Å²) in [5.74, 6) is 2.85. The molecule has 0 saturated carbocycles. The summed E-state index contributed by atoms with van der Waals surface area (Å²) in [5, 5.41) is 13.7. The van der Waals surface area contributed by atoms with Crippen molar-refractivity contribution in [3.8, 4) is 28.4 Å². The van der Waals surface area contributed by atoms with Crippen molar-refractivity contribution in [1.82, 2.24) is 4.90 Å². The Balaban J connectivity index is 1.36. The fraction of sp³-hybridized carbons (Fsp3) is 0.333. The zero-order chi connectivity index (χ0) is 22.4. The van der Waals surface area contributed by atoms with Gasteiger partial charge in [0.25, 0.3) is 0 Å². The third-order valence-electron chi connectivity index (χ3n) is 7.20. The van der Waals surface area contributed by atoms with Gasteiger partial charge in [-0.15, -0.1) is 0 Å². The van der Waals surface area contributed by atoms with E-state index in [1.165, 1.54) is 16.7 Å². The summed E-state index contributed by atoms with van der Waals surface area (Å²) >= 11 is 0. The SMILES string of the molecule is COc1cccc(-c2ccc3c(c2)[C@H]2[C@H](CCN2Cc2ccc4c(c2)OCO4)[C@H](CO)N3)c1. The molecule has 6 rings (SSSR count). The fourth-order valence-corrected chi connectivity index (χ4v) is 5.59. The molecule has 1 saturated heterocycles.